The third-order valence-electron chi connectivity index (χ3n) is 6.75. The highest BCUT2D eigenvalue weighted by Gasteiger charge is 2.14. The zero-order valence-corrected chi connectivity index (χ0v) is 21.0. The molecule has 39 heavy (non-hydrogen) atoms. The van der Waals surface area contributed by atoms with Crippen LogP contribution in [-0.2, 0) is 0 Å². The summed E-state index contributed by atoms with van der Waals surface area (Å²) in [6, 6.07) is 47.0. The Labute approximate surface area is 226 Å². The van der Waals surface area contributed by atoms with Crippen molar-refractivity contribution in [3.8, 4) is 56.5 Å². The standard InChI is InChI=1S/C35H23N3O/c1-4-10-24(11-5-1)25-16-18-26(19-17-25)31-23-32(37-34(36-31)27-12-6-2-7-13-27)29-20-21-30-33(22-29)39-35(38-30)28-14-8-3-9-15-28/h1-23H. The molecule has 0 saturated heterocycles. The molecule has 0 bridgehead atoms. The van der Waals surface area contributed by atoms with Crippen LogP contribution in [0.2, 0.25) is 0 Å². The molecule has 7 aromatic rings. The Hall–Kier alpha value is -5.35. The van der Waals surface area contributed by atoms with Gasteiger partial charge in [0.25, 0.3) is 0 Å². The predicted molar refractivity (Wildman–Crippen MR) is 157 cm³/mol. The van der Waals surface area contributed by atoms with E-state index in [0.717, 1.165) is 44.7 Å². The van der Waals surface area contributed by atoms with E-state index in [1.165, 1.54) is 11.1 Å². The minimum absolute atomic E-state index is 0.606. The number of rotatable bonds is 5. The lowest BCUT2D eigenvalue weighted by molar-refractivity contribution is 0.620. The van der Waals surface area contributed by atoms with E-state index < -0.39 is 0 Å². The molecule has 2 aromatic heterocycles. The molecule has 0 radical (unpaired) electrons. The van der Waals surface area contributed by atoms with Gasteiger partial charge < -0.3 is 4.42 Å². The van der Waals surface area contributed by atoms with Gasteiger partial charge in [-0.15, -0.1) is 0 Å². The fourth-order valence-corrected chi connectivity index (χ4v) is 4.71. The van der Waals surface area contributed by atoms with Crippen LogP contribution in [0.15, 0.2) is 144 Å². The van der Waals surface area contributed by atoms with Crippen molar-refractivity contribution in [1.82, 2.24) is 15.0 Å². The largest absolute Gasteiger partial charge is 0.436 e. The summed E-state index contributed by atoms with van der Waals surface area (Å²) in [7, 11) is 0. The Morgan fingerprint density at radius 3 is 1.56 bits per heavy atom. The van der Waals surface area contributed by atoms with Crippen LogP contribution in [0.1, 0.15) is 0 Å². The average Bonchev–Trinajstić information content (AvgIpc) is 3.46. The smallest absolute Gasteiger partial charge is 0.227 e. The Morgan fingerprint density at radius 2 is 0.897 bits per heavy atom. The molecule has 0 spiro atoms. The van der Waals surface area contributed by atoms with Crippen LogP contribution in [0.3, 0.4) is 0 Å². The molecule has 0 amide bonds. The molecular formula is C35H23N3O. The molecule has 2 heterocycles. The SMILES string of the molecule is c1ccc(-c2ccc(-c3cc(-c4ccc5nc(-c6ccccc6)oc5c4)nc(-c4ccccc4)n3)cc2)cc1. The Morgan fingerprint density at radius 1 is 0.385 bits per heavy atom. The first kappa shape index (κ1) is 22.8. The molecule has 0 aliphatic carbocycles. The van der Waals surface area contributed by atoms with Gasteiger partial charge in [0, 0.05) is 22.3 Å². The third-order valence-corrected chi connectivity index (χ3v) is 6.75. The first-order valence-corrected chi connectivity index (χ1v) is 12.9. The van der Waals surface area contributed by atoms with Crippen molar-refractivity contribution >= 4 is 11.1 Å². The van der Waals surface area contributed by atoms with E-state index in [1.807, 2.05) is 91.0 Å². The normalized spacial score (nSPS) is 11.1. The highest BCUT2D eigenvalue weighted by Crippen LogP contribution is 2.32. The van der Waals surface area contributed by atoms with Crippen molar-refractivity contribution in [2.45, 2.75) is 0 Å². The molecule has 0 unspecified atom stereocenters. The van der Waals surface area contributed by atoms with Gasteiger partial charge >= 0.3 is 0 Å². The van der Waals surface area contributed by atoms with Crippen LogP contribution in [-0.4, -0.2) is 15.0 Å². The van der Waals surface area contributed by atoms with E-state index >= 15 is 0 Å². The Bertz CT molecular complexity index is 1880. The second-order valence-corrected chi connectivity index (χ2v) is 9.34. The molecule has 0 fully saturated rings. The summed E-state index contributed by atoms with van der Waals surface area (Å²) in [5.74, 6) is 1.28. The summed E-state index contributed by atoms with van der Waals surface area (Å²) in [5.41, 5.74) is 9.47. The molecule has 0 saturated carbocycles. The van der Waals surface area contributed by atoms with E-state index in [1.54, 1.807) is 0 Å². The molecule has 4 heteroatoms. The highest BCUT2D eigenvalue weighted by atomic mass is 16.3. The van der Waals surface area contributed by atoms with Crippen LogP contribution in [0, 0.1) is 0 Å². The summed E-state index contributed by atoms with van der Waals surface area (Å²) < 4.78 is 6.15. The third kappa shape index (κ3) is 4.60. The lowest BCUT2D eigenvalue weighted by Crippen LogP contribution is -1.96. The summed E-state index contributed by atoms with van der Waals surface area (Å²) in [4.78, 5) is 14.6. The molecule has 5 aromatic carbocycles. The molecule has 184 valence electrons. The van der Waals surface area contributed by atoms with E-state index in [2.05, 4.69) is 53.5 Å². The number of aromatic nitrogens is 3. The summed E-state index contributed by atoms with van der Waals surface area (Å²) in [5, 5.41) is 0. The second-order valence-electron chi connectivity index (χ2n) is 9.34. The lowest BCUT2D eigenvalue weighted by atomic mass is 10.0. The summed E-state index contributed by atoms with van der Waals surface area (Å²) >= 11 is 0. The molecule has 0 aliphatic rings. The lowest BCUT2D eigenvalue weighted by Gasteiger charge is -2.10. The van der Waals surface area contributed by atoms with Gasteiger partial charge in [-0.05, 0) is 41.5 Å². The Balaban J connectivity index is 1.32. The van der Waals surface area contributed by atoms with E-state index in [4.69, 9.17) is 14.4 Å². The van der Waals surface area contributed by atoms with Crippen LogP contribution >= 0.6 is 0 Å². The molecule has 0 N–H and O–H groups in total. The van der Waals surface area contributed by atoms with Crippen LogP contribution in [0.25, 0.3) is 67.6 Å². The van der Waals surface area contributed by atoms with E-state index in [9.17, 15) is 0 Å². The number of nitrogens with zero attached hydrogens (tertiary/aromatic N) is 3. The van der Waals surface area contributed by atoms with Gasteiger partial charge in [0.2, 0.25) is 5.89 Å². The number of fused-ring (bicyclic) bond motifs is 1. The number of benzene rings is 5. The average molecular weight is 502 g/mol. The van der Waals surface area contributed by atoms with Crippen molar-refractivity contribution in [1.29, 1.82) is 0 Å². The van der Waals surface area contributed by atoms with Gasteiger partial charge in [0.05, 0.1) is 11.4 Å². The van der Waals surface area contributed by atoms with Crippen LogP contribution < -0.4 is 0 Å². The van der Waals surface area contributed by atoms with Crippen molar-refractivity contribution in [3.63, 3.8) is 0 Å². The van der Waals surface area contributed by atoms with Gasteiger partial charge in [-0.1, -0.05) is 109 Å². The maximum Gasteiger partial charge on any atom is 0.227 e. The molecule has 0 atom stereocenters. The van der Waals surface area contributed by atoms with Crippen LogP contribution in [0.5, 0.6) is 0 Å². The van der Waals surface area contributed by atoms with Gasteiger partial charge in [0.15, 0.2) is 11.4 Å². The fraction of sp³-hybridized carbons (Fsp3) is 0. The van der Waals surface area contributed by atoms with Gasteiger partial charge in [-0.2, -0.15) is 0 Å². The predicted octanol–water partition coefficient (Wildman–Crippen LogP) is 8.95. The van der Waals surface area contributed by atoms with Crippen molar-refractivity contribution in [2.75, 3.05) is 0 Å². The number of oxazole rings is 1. The van der Waals surface area contributed by atoms with Crippen molar-refractivity contribution < 1.29 is 4.42 Å². The maximum atomic E-state index is 6.15. The summed E-state index contributed by atoms with van der Waals surface area (Å²) in [6.45, 7) is 0. The van der Waals surface area contributed by atoms with Crippen molar-refractivity contribution in [2.24, 2.45) is 0 Å². The molecular weight excluding hydrogens is 478 g/mol. The minimum atomic E-state index is 0.606. The molecule has 7 rings (SSSR count). The highest BCUT2D eigenvalue weighted by molar-refractivity contribution is 5.83. The van der Waals surface area contributed by atoms with Gasteiger partial charge in [-0.25, -0.2) is 15.0 Å². The first-order valence-electron chi connectivity index (χ1n) is 12.9. The van der Waals surface area contributed by atoms with E-state index in [0.29, 0.717) is 11.7 Å². The summed E-state index contributed by atoms with van der Waals surface area (Å²) in [6.07, 6.45) is 0. The minimum Gasteiger partial charge on any atom is -0.436 e. The zero-order valence-electron chi connectivity index (χ0n) is 21.0. The Kier molecular flexibility index (Phi) is 5.76. The second kappa shape index (κ2) is 9.84. The number of hydrogen-bond donors (Lipinski definition) is 0. The first-order chi connectivity index (χ1) is 19.3. The molecule has 0 aliphatic heterocycles. The number of hydrogen-bond acceptors (Lipinski definition) is 4. The van der Waals surface area contributed by atoms with Crippen LogP contribution in [0.4, 0.5) is 0 Å². The fourth-order valence-electron chi connectivity index (χ4n) is 4.71. The monoisotopic (exact) mass is 501 g/mol. The molecule has 4 nitrogen and oxygen atoms in total. The van der Waals surface area contributed by atoms with E-state index in [-0.39, 0.29) is 0 Å². The maximum absolute atomic E-state index is 6.15. The van der Waals surface area contributed by atoms with Gasteiger partial charge in [0.1, 0.15) is 5.52 Å². The topological polar surface area (TPSA) is 51.8 Å². The van der Waals surface area contributed by atoms with Gasteiger partial charge in [-0.3, -0.25) is 0 Å². The van der Waals surface area contributed by atoms with Crippen molar-refractivity contribution in [3.05, 3.63) is 140 Å². The zero-order chi connectivity index (χ0) is 26.0. The quantitative estimate of drug-likeness (QED) is 0.236.